The Labute approximate surface area is 159 Å². The van der Waals surface area contributed by atoms with Crippen LogP contribution >= 0.6 is 0 Å². The van der Waals surface area contributed by atoms with E-state index >= 15 is 0 Å². The van der Waals surface area contributed by atoms with Gasteiger partial charge in [0, 0.05) is 25.2 Å². The molecule has 2 heterocycles. The average Bonchev–Trinajstić information content (AvgIpc) is 3.21. The van der Waals surface area contributed by atoms with Gasteiger partial charge in [-0.1, -0.05) is 6.07 Å². The van der Waals surface area contributed by atoms with Crippen molar-refractivity contribution in [2.75, 3.05) is 26.2 Å². The fourth-order valence-electron chi connectivity index (χ4n) is 3.65. The Morgan fingerprint density at radius 2 is 2.07 bits per heavy atom. The van der Waals surface area contributed by atoms with Crippen LogP contribution in [0, 0.1) is 5.92 Å². The molecular formula is C18H26N4O4S. The molecule has 27 heavy (non-hydrogen) atoms. The zero-order valence-corrected chi connectivity index (χ0v) is 16.0. The van der Waals surface area contributed by atoms with Crippen LogP contribution in [0.3, 0.4) is 0 Å². The Balaban J connectivity index is 1.63. The summed E-state index contributed by atoms with van der Waals surface area (Å²) in [4.78, 5) is 23.5. The van der Waals surface area contributed by atoms with Gasteiger partial charge >= 0.3 is 0 Å². The molecule has 2 aliphatic rings. The van der Waals surface area contributed by atoms with Crippen molar-refractivity contribution in [3.8, 4) is 0 Å². The number of hydrogen-bond acceptors (Lipinski definition) is 5. The zero-order valence-electron chi connectivity index (χ0n) is 15.2. The van der Waals surface area contributed by atoms with E-state index < -0.39 is 15.9 Å². The first kappa shape index (κ1) is 19.8. The van der Waals surface area contributed by atoms with Gasteiger partial charge in [0.1, 0.15) is 0 Å². The highest BCUT2D eigenvalue weighted by Crippen LogP contribution is 2.24. The molecule has 1 aromatic carbocycles. The van der Waals surface area contributed by atoms with E-state index in [-0.39, 0.29) is 28.3 Å². The van der Waals surface area contributed by atoms with Gasteiger partial charge in [-0.15, -0.1) is 0 Å². The third-order valence-corrected chi connectivity index (χ3v) is 7.04. The zero-order chi connectivity index (χ0) is 19.4. The van der Waals surface area contributed by atoms with E-state index in [4.69, 9.17) is 5.73 Å². The van der Waals surface area contributed by atoms with Gasteiger partial charge in [0.15, 0.2) is 0 Å². The maximum atomic E-state index is 12.9. The summed E-state index contributed by atoms with van der Waals surface area (Å²) in [5.74, 6) is -0.605. The van der Waals surface area contributed by atoms with Crippen molar-refractivity contribution < 1.29 is 18.0 Å². The Bertz CT molecular complexity index is 805. The summed E-state index contributed by atoms with van der Waals surface area (Å²) >= 11 is 0. The van der Waals surface area contributed by atoms with Gasteiger partial charge in [0.05, 0.1) is 10.9 Å². The van der Waals surface area contributed by atoms with Crippen LogP contribution in [0.1, 0.15) is 36.0 Å². The van der Waals surface area contributed by atoms with Crippen LogP contribution in [0.4, 0.5) is 0 Å². The second-order valence-corrected chi connectivity index (χ2v) is 9.10. The lowest BCUT2D eigenvalue weighted by atomic mass is 9.99. The predicted octanol–water partition coefficient (Wildman–Crippen LogP) is 0.0544. The quantitative estimate of drug-likeness (QED) is 0.630. The summed E-state index contributed by atoms with van der Waals surface area (Å²) in [6.07, 6.45) is 3.44. The van der Waals surface area contributed by atoms with E-state index in [0.29, 0.717) is 19.6 Å². The molecule has 0 radical (unpaired) electrons. The van der Waals surface area contributed by atoms with Crippen LogP contribution in [0.15, 0.2) is 29.2 Å². The third-order valence-electron chi connectivity index (χ3n) is 5.18. The Morgan fingerprint density at radius 3 is 2.78 bits per heavy atom. The summed E-state index contributed by atoms with van der Waals surface area (Å²) in [7, 11) is -3.70. The summed E-state index contributed by atoms with van der Waals surface area (Å²) in [5.41, 5.74) is 5.42. The molecule has 8 nitrogen and oxygen atoms in total. The summed E-state index contributed by atoms with van der Waals surface area (Å²) in [5, 5.41) is 6.10. The normalized spacial score (nSPS) is 23.9. The topological polar surface area (TPSA) is 122 Å². The monoisotopic (exact) mass is 394 g/mol. The van der Waals surface area contributed by atoms with Crippen molar-refractivity contribution in [3.05, 3.63) is 29.8 Å². The van der Waals surface area contributed by atoms with Crippen LogP contribution in [-0.2, 0) is 14.8 Å². The molecule has 0 saturated carbocycles. The number of nitrogens with one attached hydrogen (secondary N) is 2. The predicted molar refractivity (Wildman–Crippen MR) is 100 cm³/mol. The lowest BCUT2D eigenvalue weighted by molar-refractivity contribution is -0.123. The molecular weight excluding hydrogens is 368 g/mol. The molecule has 2 aliphatic heterocycles. The van der Waals surface area contributed by atoms with Crippen molar-refractivity contribution in [1.29, 1.82) is 0 Å². The maximum absolute atomic E-state index is 12.9. The van der Waals surface area contributed by atoms with E-state index in [1.807, 2.05) is 0 Å². The van der Waals surface area contributed by atoms with E-state index in [9.17, 15) is 18.0 Å². The van der Waals surface area contributed by atoms with Gasteiger partial charge < -0.3 is 16.4 Å². The van der Waals surface area contributed by atoms with Crippen LogP contribution < -0.4 is 16.4 Å². The van der Waals surface area contributed by atoms with E-state index in [1.54, 1.807) is 0 Å². The average molecular weight is 394 g/mol. The number of nitrogens with two attached hydrogens (primary N) is 1. The molecule has 0 aromatic heterocycles. The van der Waals surface area contributed by atoms with Crippen molar-refractivity contribution >= 4 is 21.8 Å². The minimum atomic E-state index is -3.70. The highest BCUT2D eigenvalue weighted by Gasteiger charge is 2.31. The van der Waals surface area contributed by atoms with Crippen LogP contribution in [0.2, 0.25) is 0 Å². The van der Waals surface area contributed by atoms with Crippen molar-refractivity contribution in [2.24, 2.45) is 11.7 Å². The molecule has 148 valence electrons. The van der Waals surface area contributed by atoms with Gasteiger partial charge in [-0.2, -0.15) is 4.31 Å². The number of sulfonamides is 1. The van der Waals surface area contributed by atoms with Crippen molar-refractivity contribution in [2.45, 2.75) is 36.6 Å². The third kappa shape index (κ3) is 4.66. The van der Waals surface area contributed by atoms with Gasteiger partial charge in [0.25, 0.3) is 0 Å². The molecule has 2 unspecified atom stereocenters. The van der Waals surface area contributed by atoms with E-state index in [2.05, 4.69) is 10.6 Å². The molecule has 2 amide bonds. The molecule has 2 atom stereocenters. The lowest BCUT2D eigenvalue weighted by Gasteiger charge is -2.32. The molecule has 0 spiro atoms. The largest absolute Gasteiger partial charge is 0.366 e. The number of rotatable bonds is 6. The Morgan fingerprint density at radius 1 is 1.26 bits per heavy atom. The Hall–Kier alpha value is -1.97. The standard InChI is InChI=1S/C18H26N4O4S/c19-17(23)14-5-1-6-15(10-14)27(25,26)22-9-3-4-13(12-22)11-21-18(24)16-7-2-8-20-16/h1,5-6,10,13,16,20H,2-4,7-9,11-12H2,(H2,19,23)(H,21,24). The highest BCUT2D eigenvalue weighted by atomic mass is 32.2. The molecule has 3 rings (SSSR count). The lowest BCUT2D eigenvalue weighted by Crippen LogP contribution is -2.46. The first-order valence-electron chi connectivity index (χ1n) is 9.29. The second kappa shape index (κ2) is 8.37. The van der Waals surface area contributed by atoms with Crippen LogP contribution in [0.25, 0.3) is 0 Å². The van der Waals surface area contributed by atoms with Gasteiger partial charge in [-0.05, 0) is 56.3 Å². The number of carbonyl (C=O) groups is 2. The minimum Gasteiger partial charge on any atom is -0.366 e. The molecule has 9 heteroatoms. The highest BCUT2D eigenvalue weighted by molar-refractivity contribution is 7.89. The molecule has 2 saturated heterocycles. The number of benzene rings is 1. The number of hydrogen-bond donors (Lipinski definition) is 3. The second-order valence-electron chi connectivity index (χ2n) is 7.16. The number of piperidine rings is 1. The molecule has 1 aromatic rings. The Kier molecular flexibility index (Phi) is 6.13. The minimum absolute atomic E-state index is 0.0124. The molecule has 0 bridgehead atoms. The number of primary amides is 1. The van der Waals surface area contributed by atoms with Gasteiger partial charge in [0.2, 0.25) is 21.8 Å². The first-order valence-corrected chi connectivity index (χ1v) is 10.7. The van der Waals surface area contributed by atoms with Gasteiger partial charge in [-0.3, -0.25) is 9.59 Å². The SMILES string of the molecule is NC(=O)c1cccc(S(=O)(=O)N2CCCC(CNC(=O)C3CCCN3)C2)c1. The van der Waals surface area contributed by atoms with E-state index in [1.165, 1.54) is 28.6 Å². The van der Waals surface area contributed by atoms with Crippen LogP contribution in [-0.4, -0.2) is 56.8 Å². The van der Waals surface area contributed by atoms with Crippen molar-refractivity contribution in [3.63, 3.8) is 0 Å². The van der Waals surface area contributed by atoms with Gasteiger partial charge in [-0.25, -0.2) is 8.42 Å². The van der Waals surface area contributed by atoms with Crippen LogP contribution in [0.5, 0.6) is 0 Å². The number of amides is 2. The summed E-state index contributed by atoms with van der Waals surface area (Å²) < 4.78 is 27.3. The number of carbonyl (C=O) groups excluding carboxylic acids is 2. The molecule has 4 N–H and O–H groups in total. The maximum Gasteiger partial charge on any atom is 0.248 e. The molecule has 2 fully saturated rings. The van der Waals surface area contributed by atoms with Crippen molar-refractivity contribution in [1.82, 2.24) is 14.9 Å². The summed E-state index contributed by atoms with van der Waals surface area (Å²) in [6, 6.07) is 5.66. The summed E-state index contributed by atoms with van der Waals surface area (Å²) in [6.45, 7) is 2.10. The number of nitrogens with zero attached hydrogens (tertiary/aromatic N) is 1. The van der Waals surface area contributed by atoms with E-state index in [0.717, 1.165) is 32.2 Å². The first-order chi connectivity index (χ1) is 12.9. The fourth-order valence-corrected chi connectivity index (χ4v) is 5.25. The smallest absolute Gasteiger partial charge is 0.248 e. The molecule has 0 aliphatic carbocycles. The fraction of sp³-hybridized carbons (Fsp3) is 0.556.